The summed E-state index contributed by atoms with van der Waals surface area (Å²) in [6, 6.07) is 14.3. The maximum absolute atomic E-state index is 11.7. The van der Waals surface area contributed by atoms with Gasteiger partial charge in [-0.2, -0.15) is 0 Å². The van der Waals surface area contributed by atoms with Crippen molar-refractivity contribution >= 4 is 46.2 Å². The molecule has 0 heterocycles. The normalized spacial score (nSPS) is 10.5. The molecule has 0 fully saturated rings. The van der Waals surface area contributed by atoms with E-state index >= 15 is 0 Å². The van der Waals surface area contributed by atoms with Crippen LogP contribution in [0.2, 0.25) is 0 Å². The van der Waals surface area contributed by atoms with Gasteiger partial charge in [0.1, 0.15) is 0 Å². The smallest absolute Gasteiger partial charge is 0.313 e. The Balaban J connectivity index is 1.72. The highest BCUT2D eigenvalue weighted by atomic mass is 32.2. The van der Waals surface area contributed by atoms with Crippen LogP contribution in [0.3, 0.4) is 0 Å². The molecule has 2 rings (SSSR count). The second-order valence-corrected chi connectivity index (χ2v) is 6.75. The molecule has 1 amide bonds. The SMILES string of the molecule is O=C(O)CSCCNC(=O)CSc1ccc2ccccc2c1. The third-order valence-corrected chi connectivity index (χ3v) is 4.82. The molecule has 0 aromatic heterocycles. The average Bonchev–Trinajstić information content (AvgIpc) is 2.52. The fourth-order valence-corrected chi connectivity index (χ4v) is 3.22. The monoisotopic (exact) mass is 335 g/mol. The summed E-state index contributed by atoms with van der Waals surface area (Å²) in [4.78, 5) is 23.1. The first-order valence-electron chi connectivity index (χ1n) is 6.83. The van der Waals surface area contributed by atoms with Gasteiger partial charge in [0.05, 0.1) is 11.5 Å². The minimum absolute atomic E-state index is 0.0333. The topological polar surface area (TPSA) is 66.4 Å². The first-order valence-corrected chi connectivity index (χ1v) is 8.97. The van der Waals surface area contributed by atoms with Crippen molar-refractivity contribution in [2.45, 2.75) is 4.90 Å². The number of hydrogen-bond acceptors (Lipinski definition) is 4. The van der Waals surface area contributed by atoms with Gasteiger partial charge in [0.25, 0.3) is 0 Å². The number of benzene rings is 2. The fraction of sp³-hybridized carbons (Fsp3) is 0.250. The molecule has 0 saturated carbocycles. The van der Waals surface area contributed by atoms with Crippen molar-refractivity contribution in [2.75, 3.05) is 23.8 Å². The van der Waals surface area contributed by atoms with E-state index in [2.05, 4.69) is 29.6 Å². The van der Waals surface area contributed by atoms with Gasteiger partial charge in [0, 0.05) is 17.2 Å². The average molecular weight is 335 g/mol. The Kier molecular flexibility index (Phi) is 6.61. The highest BCUT2D eigenvalue weighted by Crippen LogP contribution is 2.23. The third kappa shape index (κ3) is 5.61. The quantitative estimate of drug-likeness (QED) is 0.573. The van der Waals surface area contributed by atoms with E-state index in [4.69, 9.17) is 5.11 Å². The second kappa shape index (κ2) is 8.70. The van der Waals surface area contributed by atoms with Gasteiger partial charge in [-0.05, 0) is 22.9 Å². The number of fused-ring (bicyclic) bond motifs is 1. The van der Waals surface area contributed by atoms with Crippen LogP contribution < -0.4 is 5.32 Å². The molecule has 0 bridgehead atoms. The van der Waals surface area contributed by atoms with Crippen molar-refractivity contribution in [1.82, 2.24) is 5.32 Å². The Morgan fingerprint density at radius 1 is 1.05 bits per heavy atom. The third-order valence-electron chi connectivity index (χ3n) is 2.88. The summed E-state index contributed by atoms with van der Waals surface area (Å²) in [7, 11) is 0. The van der Waals surface area contributed by atoms with Crippen molar-refractivity contribution in [1.29, 1.82) is 0 Å². The maximum atomic E-state index is 11.7. The van der Waals surface area contributed by atoms with E-state index in [1.54, 1.807) is 0 Å². The van der Waals surface area contributed by atoms with Crippen molar-refractivity contribution in [3.8, 4) is 0 Å². The zero-order valence-electron chi connectivity index (χ0n) is 12.0. The van der Waals surface area contributed by atoms with E-state index in [0.717, 1.165) is 10.3 Å². The van der Waals surface area contributed by atoms with Gasteiger partial charge in [-0.25, -0.2) is 0 Å². The van der Waals surface area contributed by atoms with Gasteiger partial charge < -0.3 is 10.4 Å². The first kappa shape index (κ1) is 16.7. The Hall–Kier alpha value is -1.66. The lowest BCUT2D eigenvalue weighted by atomic mass is 10.1. The molecule has 0 unspecified atom stereocenters. The highest BCUT2D eigenvalue weighted by molar-refractivity contribution is 8.00. The fourth-order valence-electron chi connectivity index (χ4n) is 1.88. The lowest BCUT2D eigenvalue weighted by Crippen LogP contribution is -2.27. The van der Waals surface area contributed by atoms with Crippen LogP contribution in [0.1, 0.15) is 0 Å². The number of rotatable bonds is 8. The standard InChI is InChI=1S/C16H17NO3S2/c18-15(17-7-8-21-11-16(19)20)10-22-14-6-5-12-3-1-2-4-13(12)9-14/h1-6,9H,7-8,10-11H2,(H,17,18)(H,19,20). The summed E-state index contributed by atoms with van der Waals surface area (Å²) in [6.07, 6.45) is 0. The molecule has 0 aliphatic rings. The number of hydrogen-bond donors (Lipinski definition) is 2. The predicted molar refractivity (Wildman–Crippen MR) is 92.6 cm³/mol. The molecular weight excluding hydrogens is 318 g/mol. The molecule has 4 nitrogen and oxygen atoms in total. The second-order valence-electron chi connectivity index (χ2n) is 4.59. The highest BCUT2D eigenvalue weighted by Gasteiger charge is 2.04. The van der Waals surface area contributed by atoms with Gasteiger partial charge in [-0.15, -0.1) is 23.5 Å². The summed E-state index contributed by atoms with van der Waals surface area (Å²) in [5, 5.41) is 13.6. The number of aliphatic carboxylic acids is 1. The molecule has 0 radical (unpaired) electrons. The van der Waals surface area contributed by atoms with E-state index < -0.39 is 5.97 Å². The Bertz CT molecular complexity index is 661. The molecule has 2 aromatic carbocycles. The number of carboxylic acid groups (broad SMARTS) is 1. The number of amides is 1. The van der Waals surface area contributed by atoms with Crippen molar-refractivity contribution in [3.05, 3.63) is 42.5 Å². The van der Waals surface area contributed by atoms with Crippen LogP contribution >= 0.6 is 23.5 Å². The molecule has 0 aliphatic heterocycles. The molecule has 116 valence electrons. The summed E-state index contributed by atoms with van der Waals surface area (Å²) in [5.74, 6) is 0.180. The van der Waals surface area contributed by atoms with Crippen LogP contribution in [0, 0.1) is 0 Å². The van der Waals surface area contributed by atoms with Gasteiger partial charge in [0.15, 0.2) is 0 Å². The lowest BCUT2D eigenvalue weighted by Gasteiger charge is -2.05. The van der Waals surface area contributed by atoms with Crippen molar-refractivity contribution < 1.29 is 14.7 Å². The van der Waals surface area contributed by atoms with Crippen LogP contribution in [-0.4, -0.2) is 40.8 Å². The maximum Gasteiger partial charge on any atom is 0.313 e. The molecule has 2 aromatic rings. The molecule has 0 aliphatic carbocycles. The largest absolute Gasteiger partial charge is 0.481 e. The number of carboxylic acids is 1. The van der Waals surface area contributed by atoms with E-state index in [1.807, 2.05) is 18.2 Å². The van der Waals surface area contributed by atoms with Crippen LogP contribution in [0.4, 0.5) is 0 Å². The van der Waals surface area contributed by atoms with E-state index in [-0.39, 0.29) is 11.7 Å². The van der Waals surface area contributed by atoms with Gasteiger partial charge in [0.2, 0.25) is 5.91 Å². The van der Waals surface area contributed by atoms with Crippen molar-refractivity contribution in [2.24, 2.45) is 0 Å². The summed E-state index contributed by atoms with van der Waals surface area (Å²) >= 11 is 2.80. The summed E-state index contributed by atoms with van der Waals surface area (Å²) < 4.78 is 0. The predicted octanol–water partition coefficient (Wildman–Crippen LogP) is 2.87. The number of carbonyl (C=O) groups excluding carboxylic acids is 1. The van der Waals surface area contributed by atoms with E-state index in [9.17, 15) is 9.59 Å². The van der Waals surface area contributed by atoms with Gasteiger partial charge >= 0.3 is 5.97 Å². The zero-order valence-corrected chi connectivity index (χ0v) is 13.6. The van der Waals surface area contributed by atoms with Gasteiger partial charge in [-0.1, -0.05) is 30.3 Å². The lowest BCUT2D eigenvalue weighted by molar-refractivity contribution is -0.133. The molecular formula is C16H17NO3S2. The first-order chi connectivity index (χ1) is 10.6. The molecule has 0 atom stereocenters. The van der Waals surface area contributed by atoms with Crippen LogP contribution in [0.5, 0.6) is 0 Å². The van der Waals surface area contributed by atoms with Crippen LogP contribution in [-0.2, 0) is 9.59 Å². The summed E-state index contributed by atoms with van der Waals surface area (Å²) in [6.45, 7) is 0.495. The Morgan fingerprint density at radius 2 is 1.82 bits per heavy atom. The van der Waals surface area contributed by atoms with Crippen LogP contribution in [0.15, 0.2) is 47.4 Å². The Morgan fingerprint density at radius 3 is 2.59 bits per heavy atom. The molecule has 0 spiro atoms. The molecule has 0 saturated heterocycles. The van der Waals surface area contributed by atoms with Crippen LogP contribution in [0.25, 0.3) is 10.8 Å². The van der Waals surface area contributed by atoms with Crippen molar-refractivity contribution in [3.63, 3.8) is 0 Å². The van der Waals surface area contributed by atoms with E-state index in [0.29, 0.717) is 18.1 Å². The molecule has 2 N–H and O–H groups in total. The zero-order chi connectivity index (χ0) is 15.8. The minimum atomic E-state index is -0.830. The van der Waals surface area contributed by atoms with E-state index in [1.165, 1.54) is 28.9 Å². The minimum Gasteiger partial charge on any atom is -0.481 e. The molecule has 6 heteroatoms. The Labute approximate surface area is 137 Å². The number of thioether (sulfide) groups is 2. The molecule has 22 heavy (non-hydrogen) atoms. The summed E-state index contributed by atoms with van der Waals surface area (Å²) in [5.41, 5.74) is 0. The van der Waals surface area contributed by atoms with Gasteiger partial charge in [-0.3, -0.25) is 9.59 Å². The number of nitrogens with one attached hydrogen (secondary N) is 1. The number of carbonyl (C=O) groups is 2.